The number of anilines is 3. The molecule has 0 saturated heterocycles. The fraction of sp³-hybridized carbons (Fsp3) is 0.133. The lowest BCUT2D eigenvalue weighted by molar-refractivity contribution is 0.102. The summed E-state index contributed by atoms with van der Waals surface area (Å²) in [7, 11) is 3.79. The van der Waals surface area contributed by atoms with Crippen LogP contribution in [0.1, 0.15) is 10.4 Å². The van der Waals surface area contributed by atoms with Gasteiger partial charge in [0.1, 0.15) is 0 Å². The number of benzene rings is 2. The van der Waals surface area contributed by atoms with Gasteiger partial charge in [0.25, 0.3) is 5.91 Å². The Hall–Kier alpha value is -1.72. The lowest BCUT2D eigenvalue weighted by atomic mass is 10.1. The minimum Gasteiger partial charge on any atom is -0.398 e. The molecule has 0 bridgehead atoms. The Labute approximate surface area is 137 Å². The molecule has 1 amide bonds. The molecule has 0 spiro atoms. The first-order valence-electron chi connectivity index (χ1n) is 6.21. The van der Waals surface area contributed by atoms with Gasteiger partial charge in [0, 0.05) is 29.3 Å². The Morgan fingerprint density at radius 2 is 1.95 bits per heavy atom. The summed E-state index contributed by atoms with van der Waals surface area (Å²) >= 11 is 9.34. The normalized spacial score (nSPS) is 10.3. The van der Waals surface area contributed by atoms with Gasteiger partial charge in [-0.15, -0.1) is 0 Å². The van der Waals surface area contributed by atoms with Crippen LogP contribution in [0.5, 0.6) is 0 Å². The zero-order chi connectivity index (χ0) is 15.6. The van der Waals surface area contributed by atoms with Gasteiger partial charge in [-0.25, -0.2) is 0 Å². The molecular formula is C15H15BrClN3O. The molecule has 6 heteroatoms. The predicted octanol–water partition coefficient (Wildman–Crippen LogP) is 4.00. The molecule has 110 valence electrons. The molecule has 3 N–H and O–H groups in total. The quantitative estimate of drug-likeness (QED) is 0.805. The summed E-state index contributed by atoms with van der Waals surface area (Å²) < 4.78 is 0.792. The van der Waals surface area contributed by atoms with E-state index in [1.54, 1.807) is 30.3 Å². The third-order valence-electron chi connectivity index (χ3n) is 2.95. The molecule has 0 atom stereocenters. The average Bonchev–Trinajstić information content (AvgIpc) is 2.41. The summed E-state index contributed by atoms with van der Waals surface area (Å²) in [5, 5.41) is 3.40. The molecule has 0 aromatic heterocycles. The molecule has 0 unspecified atom stereocenters. The summed E-state index contributed by atoms with van der Waals surface area (Å²) in [5.41, 5.74) is 8.18. The highest BCUT2D eigenvalue weighted by molar-refractivity contribution is 9.10. The standard InChI is InChI=1S/C15H15BrClN3O/c1-20(2)14-6-4-10(17)8-13(14)19-15(21)11-7-9(16)3-5-12(11)18/h3-8H,18H2,1-2H3,(H,19,21). The molecule has 0 radical (unpaired) electrons. The molecule has 2 rings (SSSR count). The maximum absolute atomic E-state index is 12.4. The van der Waals surface area contributed by atoms with Gasteiger partial charge in [0.15, 0.2) is 0 Å². The van der Waals surface area contributed by atoms with Crippen LogP contribution in [0, 0.1) is 0 Å². The van der Waals surface area contributed by atoms with Crippen LogP contribution in [0.15, 0.2) is 40.9 Å². The van der Waals surface area contributed by atoms with Crippen LogP contribution in [0.25, 0.3) is 0 Å². The van der Waals surface area contributed by atoms with Crippen molar-refractivity contribution in [1.29, 1.82) is 0 Å². The second kappa shape index (κ2) is 6.37. The lowest BCUT2D eigenvalue weighted by Gasteiger charge is -2.18. The predicted molar refractivity (Wildman–Crippen MR) is 92.3 cm³/mol. The van der Waals surface area contributed by atoms with E-state index in [1.165, 1.54) is 0 Å². The Kier molecular flexibility index (Phi) is 4.75. The lowest BCUT2D eigenvalue weighted by Crippen LogP contribution is -2.17. The monoisotopic (exact) mass is 367 g/mol. The SMILES string of the molecule is CN(C)c1ccc(Cl)cc1NC(=O)c1cc(Br)ccc1N. The van der Waals surface area contributed by atoms with Crippen LogP contribution in [0.4, 0.5) is 17.1 Å². The van der Waals surface area contributed by atoms with Gasteiger partial charge in [-0.2, -0.15) is 0 Å². The minimum atomic E-state index is -0.279. The van der Waals surface area contributed by atoms with Gasteiger partial charge in [-0.05, 0) is 36.4 Å². The second-order valence-corrected chi connectivity index (χ2v) is 6.09. The maximum atomic E-state index is 12.4. The highest BCUT2D eigenvalue weighted by atomic mass is 79.9. The highest BCUT2D eigenvalue weighted by Crippen LogP contribution is 2.29. The molecule has 0 saturated carbocycles. The molecule has 0 aliphatic rings. The van der Waals surface area contributed by atoms with Crippen LogP contribution >= 0.6 is 27.5 Å². The van der Waals surface area contributed by atoms with E-state index >= 15 is 0 Å². The average molecular weight is 369 g/mol. The van der Waals surface area contributed by atoms with Crippen LogP contribution in [-0.2, 0) is 0 Å². The van der Waals surface area contributed by atoms with E-state index in [9.17, 15) is 4.79 Å². The number of hydrogen-bond acceptors (Lipinski definition) is 3. The van der Waals surface area contributed by atoms with E-state index in [4.69, 9.17) is 17.3 Å². The Balaban J connectivity index is 2.35. The summed E-state index contributed by atoms with van der Waals surface area (Å²) in [6.07, 6.45) is 0. The number of nitrogens with one attached hydrogen (secondary N) is 1. The number of rotatable bonds is 3. The van der Waals surface area contributed by atoms with E-state index < -0.39 is 0 Å². The highest BCUT2D eigenvalue weighted by Gasteiger charge is 2.13. The van der Waals surface area contributed by atoms with Gasteiger partial charge < -0.3 is 16.0 Å². The summed E-state index contributed by atoms with van der Waals surface area (Å²) in [4.78, 5) is 14.3. The van der Waals surface area contributed by atoms with Gasteiger partial charge >= 0.3 is 0 Å². The third kappa shape index (κ3) is 3.68. The first kappa shape index (κ1) is 15.7. The number of halogens is 2. The van der Waals surface area contributed by atoms with Gasteiger partial charge in [-0.3, -0.25) is 4.79 Å². The number of nitrogens with two attached hydrogens (primary N) is 1. The number of nitrogen functional groups attached to an aromatic ring is 1. The van der Waals surface area contributed by atoms with Crippen LogP contribution in [0.3, 0.4) is 0 Å². The molecule has 2 aromatic rings. The van der Waals surface area contributed by atoms with E-state index in [1.807, 2.05) is 25.1 Å². The zero-order valence-electron chi connectivity index (χ0n) is 11.7. The van der Waals surface area contributed by atoms with Crippen molar-refractivity contribution in [2.24, 2.45) is 0 Å². The molecule has 4 nitrogen and oxygen atoms in total. The largest absolute Gasteiger partial charge is 0.398 e. The molecule has 0 aliphatic heterocycles. The Bertz CT molecular complexity index is 689. The van der Waals surface area contributed by atoms with Crippen molar-refractivity contribution in [2.75, 3.05) is 30.0 Å². The fourth-order valence-electron chi connectivity index (χ4n) is 1.91. The van der Waals surface area contributed by atoms with Crippen LogP contribution < -0.4 is 16.0 Å². The van der Waals surface area contributed by atoms with Crippen LogP contribution in [0.2, 0.25) is 5.02 Å². The number of amides is 1. The molecule has 21 heavy (non-hydrogen) atoms. The van der Waals surface area contributed by atoms with Crippen molar-refractivity contribution in [3.63, 3.8) is 0 Å². The number of carbonyl (C=O) groups excluding carboxylic acids is 1. The van der Waals surface area contributed by atoms with Crippen molar-refractivity contribution in [1.82, 2.24) is 0 Å². The Morgan fingerprint density at radius 1 is 1.24 bits per heavy atom. The van der Waals surface area contributed by atoms with Gasteiger partial charge in [-0.1, -0.05) is 27.5 Å². The third-order valence-corrected chi connectivity index (χ3v) is 3.68. The molecule has 0 heterocycles. The van der Waals surface area contributed by atoms with Crippen LogP contribution in [-0.4, -0.2) is 20.0 Å². The second-order valence-electron chi connectivity index (χ2n) is 4.74. The van der Waals surface area contributed by atoms with Crippen molar-refractivity contribution in [3.8, 4) is 0 Å². The topological polar surface area (TPSA) is 58.4 Å². The van der Waals surface area contributed by atoms with Crippen molar-refractivity contribution in [3.05, 3.63) is 51.5 Å². The van der Waals surface area contributed by atoms with Crippen molar-refractivity contribution >= 4 is 50.5 Å². The maximum Gasteiger partial charge on any atom is 0.257 e. The molecular weight excluding hydrogens is 354 g/mol. The summed E-state index contributed by atoms with van der Waals surface area (Å²) in [5.74, 6) is -0.279. The van der Waals surface area contributed by atoms with Crippen molar-refractivity contribution < 1.29 is 4.79 Å². The molecule has 0 aliphatic carbocycles. The van der Waals surface area contributed by atoms with E-state index in [2.05, 4.69) is 21.2 Å². The molecule has 2 aromatic carbocycles. The van der Waals surface area contributed by atoms with Crippen molar-refractivity contribution in [2.45, 2.75) is 0 Å². The number of hydrogen-bond donors (Lipinski definition) is 2. The first-order valence-corrected chi connectivity index (χ1v) is 7.39. The van der Waals surface area contributed by atoms with E-state index in [0.29, 0.717) is 22.0 Å². The smallest absolute Gasteiger partial charge is 0.257 e. The summed E-state index contributed by atoms with van der Waals surface area (Å²) in [6.45, 7) is 0. The van der Waals surface area contributed by atoms with E-state index in [0.717, 1.165) is 10.2 Å². The van der Waals surface area contributed by atoms with Gasteiger partial charge in [0.2, 0.25) is 0 Å². The van der Waals surface area contributed by atoms with Gasteiger partial charge in [0.05, 0.1) is 16.9 Å². The minimum absolute atomic E-state index is 0.279. The summed E-state index contributed by atoms with van der Waals surface area (Å²) in [6, 6.07) is 10.5. The molecule has 0 fully saturated rings. The Morgan fingerprint density at radius 3 is 2.62 bits per heavy atom. The first-order chi connectivity index (χ1) is 9.88. The number of carbonyl (C=O) groups is 1. The fourth-order valence-corrected chi connectivity index (χ4v) is 2.45. The number of nitrogens with zero attached hydrogens (tertiary/aromatic N) is 1. The zero-order valence-corrected chi connectivity index (χ0v) is 14.0. The van der Waals surface area contributed by atoms with E-state index in [-0.39, 0.29) is 5.91 Å².